The van der Waals surface area contributed by atoms with Crippen LogP contribution >= 0.6 is 0 Å². The molecule has 4 heteroatoms. The van der Waals surface area contributed by atoms with Crippen molar-refractivity contribution in [3.05, 3.63) is 42.0 Å². The minimum atomic E-state index is -3.60. The summed E-state index contributed by atoms with van der Waals surface area (Å²) in [6.45, 7) is 4.31. The lowest BCUT2D eigenvalue weighted by Gasteiger charge is -2.05. The summed E-state index contributed by atoms with van der Waals surface area (Å²) in [6.07, 6.45) is 9.31. The zero-order valence-electron chi connectivity index (χ0n) is 12.3. The van der Waals surface area contributed by atoms with Crippen molar-refractivity contribution in [2.75, 3.05) is 6.61 Å². The number of benzene rings is 1. The highest BCUT2D eigenvalue weighted by Crippen LogP contribution is 2.13. The highest BCUT2D eigenvalue weighted by Gasteiger charge is 2.13. The van der Waals surface area contributed by atoms with Gasteiger partial charge >= 0.3 is 0 Å². The van der Waals surface area contributed by atoms with Crippen LogP contribution in [0.5, 0.6) is 0 Å². The first-order chi connectivity index (χ1) is 9.56. The number of aryl methyl sites for hydroxylation is 1. The second-order valence-corrected chi connectivity index (χ2v) is 6.46. The Morgan fingerprint density at radius 1 is 1.05 bits per heavy atom. The summed E-state index contributed by atoms with van der Waals surface area (Å²) >= 11 is 0. The maximum Gasteiger partial charge on any atom is 0.296 e. The first kappa shape index (κ1) is 16.9. The zero-order chi connectivity index (χ0) is 14.8. The average Bonchev–Trinajstić information content (AvgIpc) is 2.42. The SMILES string of the molecule is CCCC/C=C\CCCOS(=O)(=O)c1ccc(C)cc1. The van der Waals surface area contributed by atoms with Gasteiger partial charge in [0.25, 0.3) is 10.1 Å². The van der Waals surface area contributed by atoms with Crippen LogP contribution in [0.3, 0.4) is 0 Å². The number of rotatable bonds is 9. The quantitative estimate of drug-likeness (QED) is 0.389. The van der Waals surface area contributed by atoms with Gasteiger partial charge < -0.3 is 0 Å². The van der Waals surface area contributed by atoms with E-state index >= 15 is 0 Å². The Bertz CT molecular complexity index is 501. The van der Waals surface area contributed by atoms with E-state index in [4.69, 9.17) is 4.18 Å². The molecule has 0 fully saturated rings. The van der Waals surface area contributed by atoms with E-state index in [1.807, 2.05) is 6.92 Å². The van der Waals surface area contributed by atoms with Crippen LogP contribution in [0.1, 0.15) is 44.6 Å². The minimum Gasteiger partial charge on any atom is -0.266 e. The van der Waals surface area contributed by atoms with Gasteiger partial charge in [-0.25, -0.2) is 0 Å². The summed E-state index contributed by atoms with van der Waals surface area (Å²) in [4.78, 5) is 0.224. The second-order valence-electron chi connectivity index (χ2n) is 4.85. The fourth-order valence-electron chi connectivity index (χ4n) is 1.70. The van der Waals surface area contributed by atoms with Crippen molar-refractivity contribution >= 4 is 10.1 Å². The van der Waals surface area contributed by atoms with Crippen LogP contribution in [-0.4, -0.2) is 15.0 Å². The first-order valence-corrected chi connectivity index (χ1v) is 8.58. The van der Waals surface area contributed by atoms with Crippen LogP contribution in [0.25, 0.3) is 0 Å². The number of hydrogen-bond donors (Lipinski definition) is 0. The van der Waals surface area contributed by atoms with Crippen molar-refractivity contribution in [3.8, 4) is 0 Å². The molecule has 0 saturated heterocycles. The van der Waals surface area contributed by atoms with Crippen molar-refractivity contribution in [3.63, 3.8) is 0 Å². The maximum absolute atomic E-state index is 11.9. The largest absolute Gasteiger partial charge is 0.296 e. The molecule has 0 atom stereocenters. The van der Waals surface area contributed by atoms with E-state index in [2.05, 4.69) is 19.1 Å². The Labute approximate surface area is 122 Å². The average molecular weight is 296 g/mol. The first-order valence-electron chi connectivity index (χ1n) is 7.17. The molecule has 0 aliphatic rings. The molecule has 1 aromatic carbocycles. The lowest BCUT2D eigenvalue weighted by molar-refractivity contribution is 0.313. The molecule has 0 saturated carbocycles. The molecule has 112 valence electrons. The predicted molar refractivity (Wildman–Crippen MR) is 82.2 cm³/mol. The van der Waals surface area contributed by atoms with Crippen molar-refractivity contribution in [1.29, 1.82) is 0 Å². The van der Waals surface area contributed by atoms with Gasteiger partial charge in [-0.15, -0.1) is 0 Å². The van der Waals surface area contributed by atoms with Crippen molar-refractivity contribution in [2.45, 2.75) is 50.8 Å². The third-order valence-electron chi connectivity index (χ3n) is 2.95. The van der Waals surface area contributed by atoms with E-state index in [1.165, 1.54) is 12.8 Å². The number of hydrogen-bond acceptors (Lipinski definition) is 3. The van der Waals surface area contributed by atoms with Crippen molar-refractivity contribution in [2.24, 2.45) is 0 Å². The third kappa shape index (κ3) is 6.35. The molecule has 0 bridgehead atoms. The van der Waals surface area contributed by atoms with Crippen molar-refractivity contribution in [1.82, 2.24) is 0 Å². The molecular formula is C16H24O3S. The molecule has 0 spiro atoms. The van der Waals surface area contributed by atoms with E-state index in [9.17, 15) is 8.42 Å². The summed E-state index contributed by atoms with van der Waals surface area (Å²) in [7, 11) is -3.60. The van der Waals surface area contributed by atoms with E-state index in [0.717, 1.165) is 18.4 Å². The van der Waals surface area contributed by atoms with E-state index in [1.54, 1.807) is 24.3 Å². The van der Waals surface area contributed by atoms with E-state index in [0.29, 0.717) is 6.42 Å². The van der Waals surface area contributed by atoms with Crippen LogP contribution in [0, 0.1) is 6.92 Å². The summed E-state index contributed by atoms with van der Waals surface area (Å²) in [5.74, 6) is 0. The van der Waals surface area contributed by atoms with Gasteiger partial charge in [-0.3, -0.25) is 4.18 Å². The molecule has 0 aliphatic carbocycles. The van der Waals surface area contributed by atoms with Crippen LogP contribution in [-0.2, 0) is 14.3 Å². The summed E-state index contributed by atoms with van der Waals surface area (Å²) < 4.78 is 28.8. The zero-order valence-corrected chi connectivity index (χ0v) is 13.2. The van der Waals surface area contributed by atoms with Gasteiger partial charge in [-0.05, 0) is 38.3 Å². The number of unbranched alkanes of at least 4 members (excludes halogenated alkanes) is 3. The molecule has 1 rings (SSSR count). The Morgan fingerprint density at radius 2 is 1.65 bits per heavy atom. The van der Waals surface area contributed by atoms with Gasteiger partial charge in [0.05, 0.1) is 11.5 Å². The molecule has 0 amide bonds. The summed E-state index contributed by atoms with van der Waals surface area (Å²) in [5, 5.41) is 0. The highest BCUT2D eigenvalue weighted by atomic mass is 32.2. The summed E-state index contributed by atoms with van der Waals surface area (Å²) in [5.41, 5.74) is 1.03. The molecule has 20 heavy (non-hydrogen) atoms. The van der Waals surface area contributed by atoms with E-state index in [-0.39, 0.29) is 11.5 Å². The molecule has 0 radical (unpaired) electrons. The Balaban J connectivity index is 2.30. The fraction of sp³-hybridized carbons (Fsp3) is 0.500. The second kappa shape index (κ2) is 8.93. The van der Waals surface area contributed by atoms with Gasteiger partial charge in [-0.2, -0.15) is 8.42 Å². The molecular weight excluding hydrogens is 272 g/mol. The van der Waals surface area contributed by atoms with Crippen LogP contribution < -0.4 is 0 Å². The summed E-state index contributed by atoms with van der Waals surface area (Å²) in [6, 6.07) is 6.70. The van der Waals surface area contributed by atoms with Gasteiger partial charge in [0, 0.05) is 0 Å². The van der Waals surface area contributed by atoms with E-state index < -0.39 is 10.1 Å². The van der Waals surface area contributed by atoms with Gasteiger partial charge in [0.1, 0.15) is 0 Å². The molecule has 0 aromatic heterocycles. The Kier molecular flexibility index (Phi) is 7.55. The standard InChI is InChI=1S/C16H24O3S/c1-3-4-5-6-7-8-9-14-19-20(17,18)16-12-10-15(2)11-13-16/h6-7,10-13H,3-5,8-9,14H2,1-2H3/b7-6-. The highest BCUT2D eigenvalue weighted by molar-refractivity contribution is 7.86. The maximum atomic E-state index is 11.9. The van der Waals surface area contributed by atoms with Gasteiger partial charge in [0.2, 0.25) is 0 Å². The minimum absolute atomic E-state index is 0.224. The molecule has 3 nitrogen and oxygen atoms in total. The topological polar surface area (TPSA) is 43.4 Å². The molecule has 1 aromatic rings. The van der Waals surface area contributed by atoms with Crippen molar-refractivity contribution < 1.29 is 12.6 Å². The normalized spacial score (nSPS) is 12.1. The third-order valence-corrected chi connectivity index (χ3v) is 4.28. The van der Waals surface area contributed by atoms with Gasteiger partial charge in [0.15, 0.2) is 0 Å². The fourth-order valence-corrected chi connectivity index (χ4v) is 2.64. The Hall–Kier alpha value is -1.13. The molecule has 0 N–H and O–H groups in total. The van der Waals surface area contributed by atoms with Crippen LogP contribution in [0.4, 0.5) is 0 Å². The van der Waals surface area contributed by atoms with Crippen LogP contribution in [0.15, 0.2) is 41.3 Å². The lowest BCUT2D eigenvalue weighted by atomic mass is 10.2. The van der Waals surface area contributed by atoms with Crippen LogP contribution in [0.2, 0.25) is 0 Å². The predicted octanol–water partition coefficient (Wildman–Crippen LogP) is 4.23. The lowest BCUT2D eigenvalue weighted by Crippen LogP contribution is -2.07. The smallest absolute Gasteiger partial charge is 0.266 e. The Morgan fingerprint density at radius 3 is 2.25 bits per heavy atom. The molecule has 0 heterocycles. The number of allylic oxidation sites excluding steroid dienone is 2. The molecule has 0 unspecified atom stereocenters. The monoisotopic (exact) mass is 296 g/mol. The van der Waals surface area contributed by atoms with Gasteiger partial charge in [-0.1, -0.05) is 49.6 Å². The molecule has 0 aliphatic heterocycles.